The van der Waals surface area contributed by atoms with Crippen molar-refractivity contribution in [1.82, 2.24) is 0 Å². The number of hydrogen-bond acceptors (Lipinski definition) is 2. The van der Waals surface area contributed by atoms with Gasteiger partial charge in [-0.1, -0.05) is 13.3 Å². The van der Waals surface area contributed by atoms with Crippen LogP contribution in [0, 0.1) is 0 Å². The molecule has 1 aliphatic heterocycles. The molecule has 0 bridgehead atoms. The molecule has 1 aliphatic rings. The molecule has 80 valence electrons. The average Bonchev–Trinajstić information content (AvgIpc) is 2.47. The first-order valence-corrected chi connectivity index (χ1v) is 4.96. The third-order valence-electron chi connectivity index (χ3n) is 1.95. The SMILES string of the molecule is CC(=O)[O-].CCCCC1=CC=C[NH+]1C. The molecule has 0 aromatic heterocycles. The first-order valence-electron chi connectivity index (χ1n) is 4.96. The number of nitrogens with one attached hydrogen (secondary N) is 1. The lowest BCUT2D eigenvalue weighted by Gasteiger charge is -2.06. The summed E-state index contributed by atoms with van der Waals surface area (Å²) in [5.74, 6) is -1.08. The maximum absolute atomic E-state index is 8.89. The van der Waals surface area contributed by atoms with Crippen LogP contribution in [-0.4, -0.2) is 13.0 Å². The summed E-state index contributed by atoms with van der Waals surface area (Å²) in [5, 5.41) is 8.89. The zero-order valence-electron chi connectivity index (χ0n) is 9.17. The van der Waals surface area contributed by atoms with Gasteiger partial charge in [-0.3, -0.25) is 4.90 Å². The highest BCUT2D eigenvalue weighted by atomic mass is 16.4. The maximum Gasteiger partial charge on any atom is 0.112 e. The van der Waals surface area contributed by atoms with Crippen LogP contribution in [0.1, 0.15) is 33.1 Å². The lowest BCUT2D eigenvalue weighted by molar-refractivity contribution is -0.780. The van der Waals surface area contributed by atoms with Crippen LogP contribution in [0.15, 0.2) is 24.0 Å². The number of carbonyl (C=O) groups is 1. The molecule has 0 saturated heterocycles. The quantitative estimate of drug-likeness (QED) is 0.684. The highest BCUT2D eigenvalue weighted by Gasteiger charge is 2.09. The van der Waals surface area contributed by atoms with E-state index in [2.05, 4.69) is 32.3 Å². The zero-order chi connectivity index (χ0) is 11.0. The minimum absolute atomic E-state index is 0.972. The van der Waals surface area contributed by atoms with Crippen LogP contribution >= 0.6 is 0 Å². The van der Waals surface area contributed by atoms with Gasteiger partial charge in [-0.25, -0.2) is 0 Å². The number of aliphatic carboxylic acids is 1. The van der Waals surface area contributed by atoms with E-state index in [1.54, 1.807) is 0 Å². The Morgan fingerprint density at radius 3 is 2.50 bits per heavy atom. The molecule has 3 heteroatoms. The summed E-state index contributed by atoms with van der Waals surface area (Å²) in [6, 6.07) is 0. The molecule has 1 N–H and O–H groups in total. The predicted molar refractivity (Wildman–Crippen MR) is 54.3 cm³/mol. The van der Waals surface area contributed by atoms with Gasteiger partial charge in [-0.2, -0.15) is 0 Å². The Bertz CT molecular complexity index is 227. The summed E-state index contributed by atoms with van der Waals surface area (Å²) in [6.07, 6.45) is 10.4. The van der Waals surface area contributed by atoms with Gasteiger partial charge in [-0.05, 0) is 19.4 Å². The van der Waals surface area contributed by atoms with E-state index in [0.29, 0.717) is 0 Å². The van der Waals surface area contributed by atoms with E-state index in [9.17, 15) is 0 Å². The van der Waals surface area contributed by atoms with Crippen molar-refractivity contribution in [3.05, 3.63) is 24.0 Å². The van der Waals surface area contributed by atoms with Crippen LogP contribution in [0.2, 0.25) is 0 Å². The number of rotatable bonds is 3. The van der Waals surface area contributed by atoms with Crippen LogP contribution in [0.3, 0.4) is 0 Å². The fraction of sp³-hybridized carbons (Fsp3) is 0.545. The first kappa shape index (κ1) is 12.9. The second-order valence-corrected chi connectivity index (χ2v) is 3.33. The molecule has 14 heavy (non-hydrogen) atoms. The van der Waals surface area contributed by atoms with E-state index in [1.165, 1.54) is 29.9 Å². The standard InChI is InChI=1S/C9H15N.C2H4O2/c1-3-4-6-9-7-5-8-10(9)2;1-2(3)4/h5,7-8H,3-4,6H2,1-2H3;1H3,(H,3,4). The van der Waals surface area contributed by atoms with Gasteiger partial charge in [0.1, 0.15) is 5.70 Å². The predicted octanol–water partition coefficient (Wildman–Crippen LogP) is -0.141. The summed E-state index contributed by atoms with van der Waals surface area (Å²) in [5.41, 5.74) is 1.53. The molecule has 0 aromatic rings. The summed E-state index contributed by atoms with van der Waals surface area (Å²) in [7, 11) is 2.19. The fourth-order valence-electron chi connectivity index (χ4n) is 1.19. The largest absolute Gasteiger partial charge is 0.550 e. The van der Waals surface area contributed by atoms with Crippen molar-refractivity contribution in [2.45, 2.75) is 33.1 Å². The van der Waals surface area contributed by atoms with E-state index < -0.39 is 5.97 Å². The number of carbonyl (C=O) groups excluding carboxylic acids is 1. The van der Waals surface area contributed by atoms with E-state index >= 15 is 0 Å². The van der Waals surface area contributed by atoms with Crippen LogP contribution in [0.5, 0.6) is 0 Å². The molecule has 0 radical (unpaired) electrons. The average molecular weight is 197 g/mol. The van der Waals surface area contributed by atoms with Crippen molar-refractivity contribution in [1.29, 1.82) is 0 Å². The van der Waals surface area contributed by atoms with Gasteiger partial charge in [0.05, 0.1) is 13.2 Å². The molecular formula is C11H19NO2. The number of unbranched alkanes of at least 4 members (excludes halogenated alkanes) is 1. The number of carboxylic acid groups (broad SMARTS) is 1. The molecule has 1 rings (SSSR count). The second-order valence-electron chi connectivity index (χ2n) is 3.33. The third kappa shape index (κ3) is 6.43. The summed E-state index contributed by atoms with van der Waals surface area (Å²) in [4.78, 5) is 10.3. The highest BCUT2D eigenvalue weighted by Crippen LogP contribution is 2.03. The Kier molecular flexibility index (Phi) is 6.76. The molecule has 0 aromatic carbocycles. The summed E-state index contributed by atoms with van der Waals surface area (Å²) in [6.45, 7) is 3.21. The molecule has 0 spiro atoms. The van der Waals surface area contributed by atoms with E-state index in [4.69, 9.17) is 9.90 Å². The van der Waals surface area contributed by atoms with Crippen molar-refractivity contribution >= 4 is 5.97 Å². The van der Waals surface area contributed by atoms with Crippen molar-refractivity contribution in [3.8, 4) is 0 Å². The van der Waals surface area contributed by atoms with Crippen molar-refractivity contribution in [2.24, 2.45) is 0 Å². The molecule has 0 saturated carbocycles. The zero-order valence-corrected chi connectivity index (χ0v) is 9.17. The molecule has 1 heterocycles. The Hall–Kier alpha value is -1.09. The van der Waals surface area contributed by atoms with Crippen LogP contribution in [0.4, 0.5) is 0 Å². The normalized spacial score (nSPS) is 18.5. The topological polar surface area (TPSA) is 44.6 Å². The maximum atomic E-state index is 8.89. The molecule has 1 atom stereocenters. The van der Waals surface area contributed by atoms with Crippen LogP contribution < -0.4 is 10.0 Å². The molecule has 1 unspecified atom stereocenters. The van der Waals surface area contributed by atoms with Gasteiger partial charge in [0, 0.05) is 18.5 Å². The number of quaternary nitrogens is 1. The Balaban J connectivity index is 0.000000364. The summed E-state index contributed by atoms with van der Waals surface area (Å²) >= 11 is 0. The number of hydrogen-bond donors (Lipinski definition) is 1. The Morgan fingerprint density at radius 1 is 1.57 bits per heavy atom. The minimum Gasteiger partial charge on any atom is -0.550 e. The van der Waals surface area contributed by atoms with Gasteiger partial charge in [0.15, 0.2) is 0 Å². The van der Waals surface area contributed by atoms with Gasteiger partial charge in [0.25, 0.3) is 0 Å². The Morgan fingerprint density at radius 2 is 2.14 bits per heavy atom. The summed E-state index contributed by atoms with van der Waals surface area (Å²) < 4.78 is 0. The lowest BCUT2D eigenvalue weighted by atomic mass is 10.2. The van der Waals surface area contributed by atoms with Crippen molar-refractivity contribution in [3.63, 3.8) is 0 Å². The fourth-order valence-corrected chi connectivity index (χ4v) is 1.19. The highest BCUT2D eigenvalue weighted by molar-refractivity contribution is 5.60. The first-order chi connectivity index (χ1) is 6.57. The van der Waals surface area contributed by atoms with Gasteiger partial charge in [0.2, 0.25) is 0 Å². The van der Waals surface area contributed by atoms with Crippen LogP contribution in [-0.2, 0) is 4.79 Å². The van der Waals surface area contributed by atoms with Gasteiger partial charge in [-0.15, -0.1) is 0 Å². The Labute approximate surface area is 85.7 Å². The molecule has 0 amide bonds. The molecular weight excluding hydrogens is 178 g/mol. The van der Waals surface area contributed by atoms with Gasteiger partial charge >= 0.3 is 0 Å². The van der Waals surface area contributed by atoms with Crippen molar-refractivity contribution < 1.29 is 14.8 Å². The minimum atomic E-state index is -1.08. The smallest absolute Gasteiger partial charge is 0.112 e. The molecule has 0 fully saturated rings. The number of allylic oxidation sites excluding steroid dienone is 3. The lowest BCUT2D eigenvalue weighted by Crippen LogP contribution is -3.01. The van der Waals surface area contributed by atoms with E-state index in [0.717, 1.165) is 6.92 Å². The van der Waals surface area contributed by atoms with Crippen molar-refractivity contribution in [2.75, 3.05) is 7.05 Å². The third-order valence-corrected chi connectivity index (χ3v) is 1.95. The van der Waals surface area contributed by atoms with E-state index in [1.807, 2.05) is 0 Å². The second kappa shape index (κ2) is 7.33. The van der Waals surface area contributed by atoms with Gasteiger partial charge < -0.3 is 9.90 Å². The van der Waals surface area contributed by atoms with E-state index in [-0.39, 0.29) is 0 Å². The molecule has 3 nitrogen and oxygen atoms in total. The van der Waals surface area contributed by atoms with Crippen LogP contribution in [0.25, 0.3) is 0 Å². The molecule has 0 aliphatic carbocycles. The monoisotopic (exact) mass is 197 g/mol. The number of carboxylic acids is 1.